The molecule has 120 valence electrons. The third-order valence-electron chi connectivity index (χ3n) is 3.71. The summed E-state index contributed by atoms with van der Waals surface area (Å²) in [6, 6.07) is 7.66. The van der Waals surface area contributed by atoms with Gasteiger partial charge in [-0.15, -0.1) is 0 Å². The lowest BCUT2D eigenvalue weighted by Crippen LogP contribution is -2.52. The fourth-order valence-electron chi connectivity index (χ4n) is 2.58. The van der Waals surface area contributed by atoms with Crippen molar-refractivity contribution in [2.24, 2.45) is 5.41 Å². The molecule has 4 nitrogen and oxygen atoms in total. The van der Waals surface area contributed by atoms with Crippen LogP contribution in [-0.2, 0) is 14.1 Å². The van der Waals surface area contributed by atoms with Crippen molar-refractivity contribution in [3.63, 3.8) is 0 Å². The number of hydrogen-bond acceptors (Lipinski definition) is 3. The Balaban J connectivity index is 2.27. The van der Waals surface area contributed by atoms with Crippen LogP contribution in [0.2, 0.25) is 0 Å². The van der Waals surface area contributed by atoms with Crippen LogP contribution in [0.15, 0.2) is 24.3 Å². The van der Waals surface area contributed by atoms with Crippen LogP contribution in [-0.4, -0.2) is 24.7 Å². The number of amides is 1. The lowest BCUT2D eigenvalue weighted by Gasteiger charge is -2.38. The molecule has 1 aromatic carbocycles. The van der Waals surface area contributed by atoms with Gasteiger partial charge in [0.2, 0.25) is 5.91 Å². The van der Waals surface area contributed by atoms with E-state index in [9.17, 15) is 4.79 Å². The van der Waals surface area contributed by atoms with Crippen molar-refractivity contribution in [3.05, 3.63) is 24.3 Å². The summed E-state index contributed by atoms with van der Waals surface area (Å²) >= 11 is 0. The molecular formula is C17H26BNO3. The lowest BCUT2D eigenvalue weighted by atomic mass is 9.74. The number of benzene rings is 1. The number of carbonyl (C=O) groups is 1. The van der Waals surface area contributed by atoms with Crippen molar-refractivity contribution < 1.29 is 14.1 Å². The van der Waals surface area contributed by atoms with Crippen molar-refractivity contribution in [2.75, 3.05) is 5.32 Å². The first-order chi connectivity index (χ1) is 10.1. The second-order valence-corrected chi connectivity index (χ2v) is 7.65. The van der Waals surface area contributed by atoms with Crippen molar-refractivity contribution in [1.29, 1.82) is 0 Å². The molecule has 1 aliphatic rings. The fraction of sp³-hybridized carbons (Fsp3) is 0.588. The standard InChI is InChI=1S/C17H26BNO3/c1-12-11-17(5,6)22-18(21-12)13-9-7-8-10-14(13)19-15(20)16(2,3)4/h7-10,12H,11H2,1-6H3,(H,19,20). The molecule has 1 saturated heterocycles. The van der Waals surface area contributed by atoms with E-state index in [-0.39, 0.29) is 17.6 Å². The molecule has 0 bridgehead atoms. The largest absolute Gasteiger partial charge is 0.496 e. The summed E-state index contributed by atoms with van der Waals surface area (Å²) in [5.74, 6) is -0.0249. The summed E-state index contributed by atoms with van der Waals surface area (Å²) in [5, 5.41) is 2.99. The van der Waals surface area contributed by atoms with Crippen LogP contribution in [0.25, 0.3) is 0 Å². The third kappa shape index (κ3) is 4.11. The van der Waals surface area contributed by atoms with E-state index in [2.05, 4.69) is 19.2 Å². The molecule has 1 atom stereocenters. The summed E-state index contributed by atoms with van der Waals surface area (Å²) in [6.45, 7) is 11.9. The van der Waals surface area contributed by atoms with Gasteiger partial charge in [0, 0.05) is 22.7 Å². The van der Waals surface area contributed by atoms with Crippen LogP contribution in [0.5, 0.6) is 0 Å². The number of carbonyl (C=O) groups excluding carboxylic acids is 1. The molecule has 1 N–H and O–H groups in total. The van der Waals surface area contributed by atoms with Crippen molar-refractivity contribution in [3.8, 4) is 0 Å². The molecule has 0 spiro atoms. The quantitative estimate of drug-likeness (QED) is 0.855. The predicted molar refractivity (Wildman–Crippen MR) is 90.2 cm³/mol. The molecule has 1 unspecified atom stereocenters. The molecule has 1 heterocycles. The zero-order valence-electron chi connectivity index (χ0n) is 14.4. The van der Waals surface area contributed by atoms with Gasteiger partial charge in [-0.2, -0.15) is 0 Å². The Morgan fingerprint density at radius 3 is 2.55 bits per heavy atom. The highest BCUT2D eigenvalue weighted by molar-refractivity contribution is 6.63. The van der Waals surface area contributed by atoms with Crippen LogP contribution in [0.3, 0.4) is 0 Å². The Hall–Kier alpha value is -1.33. The van der Waals surface area contributed by atoms with Crippen LogP contribution < -0.4 is 10.8 Å². The van der Waals surface area contributed by atoms with Gasteiger partial charge >= 0.3 is 7.12 Å². The predicted octanol–water partition coefficient (Wildman–Crippen LogP) is 2.97. The number of hydrogen-bond donors (Lipinski definition) is 1. The van der Waals surface area contributed by atoms with Gasteiger partial charge < -0.3 is 14.6 Å². The van der Waals surface area contributed by atoms with E-state index in [4.69, 9.17) is 9.31 Å². The van der Waals surface area contributed by atoms with Gasteiger partial charge in [-0.05, 0) is 33.3 Å². The molecular weight excluding hydrogens is 277 g/mol. The highest BCUT2D eigenvalue weighted by Crippen LogP contribution is 2.27. The number of para-hydroxylation sites is 1. The first-order valence-corrected chi connectivity index (χ1v) is 7.82. The Morgan fingerprint density at radius 1 is 1.32 bits per heavy atom. The van der Waals surface area contributed by atoms with E-state index < -0.39 is 12.5 Å². The maximum atomic E-state index is 12.3. The topological polar surface area (TPSA) is 47.6 Å². The van der Waals surface area contributed by atoms with Crippen LogP contribution in [0.4, 0.5) is 5.69 Å². The zero-order chi connectivity index (χ0) is 16.5. The molecule has 0 aliphatic carbocycles. The third-order valence-corrected chi connectivity index (χ3v) is 3.71. The normalized spacial score (nSPS) is 21.5. The molecule has 0 radical (unpaired) electrons. The van der Waals surface area contributed by atoms with E-state index in [1.54, 1.807) is 0 Å². The number of anilines is 1. The lowest BCUT2D eigenvalue weighted by molar-refractivity contribution is -0.123. The maximum Gasteiger partial charge on any atom is 0.496 e. The van der Waals surface area contributed by atoms with Crippen LogP contribution in [0, 0.1) is 5.41 Å². The highest BCUT2D eigenvalue weighted by atomic mass is 16.6. The summed E-state index contributed by atoms with van der Waals surface area (Å²) in [7, 11) is -0.463. The number of rotatable bonds is 2. The molecule has 1 fully saturated rings. The molecule has 0 aromatic heterocycles. The SMILES string of the molecule is CC1CC(C)(C)OB(c2ccccc2NC(=O)C(C)(C)C)O1. The average Bonchev–Trinajstić information content (AvgIpc) is 2.35. The van der Waals surface area contributed by atoms with E-state index in [0.29, 0.717) is 0 Å². The minimum absolute atomic E-state index is 0.0249. The van der Waals surface area contributed by atoms with Gasteiger partial charge in [0.1, 0.15) is 0 Å². The van der Waals surface area contributed by atoms with E-state index in [1.165, 1.54) is 0 Å². The maximum absolute atomic E-state index is 12.3. The molecule has 2 rings (SSSR count). The molecule has 0 saturated carbocycles. The van der Waals surface area contributed by atoms with Crippen molar-refractivity contribution in [1.82, 2.24) is 0 Å². The van der Waals surface area contributed by atoms with Crippen LogP contribution in [0.1, 0.15) is 48.0 Å². The molecule has 22 heavy (non-hydrogen) atoms. The first kappa shape index (κ1) is 17.0. The molecule has 1 aliphatic heterocycles. The Kier molecular flexibility index (Phi) is 4.69. The Morgan fingerprint density at radius 2 is 1.95 bits per heavy atom. The van der Waals surface area contributed by atoms with Gasteiger partial charge in [0.25, 0.3) is 0 Å². The monoisotopic (exact) mass is 303 g/mol. The van der Waals surface area contributed by atoms with E-state index in [1.807, 2.05) is 52.0 Å². The van der Waals surface area contributed by atoms with Gasteiger partial charge in [-0.1, -0.05) is 39.0 Å². The van der Waals surface area contributed by atoms with Gasteiger partial charge in [-0.25, -0.2) is 0 Å². The first-order valence-electron chi connectivity index (χ1n) is 7.82. The Labute approximate surface area is 133 Å². The second-order valence-electron chi connectivity index (χ2n) is 7.65. The molecule has 5 heteroatoms. The van der Waals surface area contributed by atoms with Crippen molar-refractivity contribution >= 4 is 24.2 Å². The van der Waals surface area contributed by atoms with Gasteiger partial charge in [0.15, 0.2) is 0 Å². The minimum Gasteiger partial charge on any atom is -0.405 e. The second kappa shape index (κ2) is 6.05. The molecule has 1 aromatic rings. The molecule has 1 amide bonds. The summed E-state index contributed by atoms with van der Waals surface area (Å²) < 4.78 is 12.0. The van der Waals surface area contributed by atoms with E-state index in [0.717, 1.165) is 17.6 Å². The Bertz CT molecular complexity index is 551. The summed E-state index contributed by atoms with van der Waals surface area (Å²) in [6.07, 6.45) is 0.958. The van der Waals surface area contributed by atoms with Gasteiger partial charge in [-0.3, -0.25) is 4.79 Å². The summed E-state index contributed by atoms with van der Waals surface area (Å²) in [5.41, 5.74) is 0.911. The fourth-order valence-corrected chi connectivity index (χ4v) is 2.58. The van der Waals surface area contributed by atoms with Crippen molar-refractivity contribution in [2.45, 2.75) is 59.7 Å². The minimum atomic E-state index is -0.463. The summed E-state index contributed by atoms with van der Waals surface area (Å²) in [4.78, 5) is 12.3. The smallest absolute Gasteiger partial charge is 0.405 e. The average molecular weight is 303 g/mol. The van der Waals surface area contributed by atoms with Gasteiger partial charge in [0.05, 0.1) is 5.60 Å². The number of nitrogens with one attached hydrogen (secondary N) is 1. The zero-order valence-corrected chi connectivity index (χ0v) is 14.4. The highest BCUT2D eigenvalue weighted by Gasteiger charge is 2.39. The van der Waals surface area contributed by atoms with Crippen LogP contribution >= 0.6 is 0 Å². The van der Waals surface area contributed by atoms with E-state index >= 15 is 0 Å².